The van der Waals surface area contributed by atoms with Gasteiger partial charge in [0.25, 0.3) is 0 Å². The van der Waals surface area contributed by atoms with E-state index < -0.39 is 12.6 Å². The van der Waals surface area contributed by atoms with Gasteiger partial charge in [0.2, 0.25) is 0 Å². The predicted octanol–water partition coefficient (Wildman–Crippen LogP) is -0.196. The van der Waals surface area contributed by atoms with Crippen LogP contribution in [0, 0.1) is 0 Å². The van der Waals surface area contributed by atoms with Crippen LogP contribution in [-0.2, 0) is 4.79 Å². The molecule has 22 heavy (non-hydrogen) atoms. The van der Waals surface area contributed by atoms with Gasteiger partial charge in [0.15, 0.2) is 18.1 Å². The normalized spacial score (nSPS) is 11.4. The first-order chi connectivity index (χ1) is 10.5. The molecule has 0 fully saturated rings. The van der Waals surface area contributed by atoms with Crippen molar-refractivity contribution in [1.82, 2.24) is 9.97 Å². The Morgan fingerprint density at radius 3 is 2.68 bits per heavy atom. The quantitative estimate of drug-likeness (QED) is 0.686. The second-order valence-corrected chi connectivity index (χ2v) is 4.44. The molecule has 0 radical (unpaired) electrons. The van der Waals surface area contributed by atoms with Gasteiger partial charge in [-0.1, -0.05) is 12.6 Å². The third kappa shape index (κ3) is 3.78. The van der Waals surface area contributed by atoms with Crippen molar-refractivity contribution in [2.24, 2.45) is 0 Å². The van der Waals surface area contributed by atoms with E-state index in [-0.39, 0.29) is 5.69 Å². The van der Waals surface area contributed by atoms with Gasteiger partial charge in [-0.25, -0.2) is 9.59 Å². The zero-order chi connectivity index (χ0) is 16.1. The van der Waals surface area contributed by atoms with Crippen molar-refractivity contribution in [2.45, 2.75) is 6.92 Å². The number of carboxylic acid groups (broad SMARTS) is 1. The fraction of sp³-hybridized carbons (Fsp3) is 0.200. The molecular weight excluding hydrogens is 288 g/mol. The minimum absolute atomic E-state index is 0.331. The molecule has 1 aromatic carbocycles. The minimum Gasteiger partial charge on any atom is -0.490 e. The summed E-state index contributed by atoms with van der Waals surface area (Å²) in [5.74, 6) is -0.288. The number of nitrogens with one attached hydrogen (secondary N) is 2. The van der Waals surface area contributed by atoms with Gasteiger partial charge in [0.05, 0.1) is 17.3 Å². The van der Waals surface area contributed by atoms with Crippen LogP contribution in [0.3, 0.4) is 0 Å². The van der Waals surface area contributed by atoms with Gasteiger partial charge in [-0.05, 0) is 30.7 Å². The van der Waals surface area contributed by atoms with Crippen molar-refractivity contribution in [1.29, 1.82) is 0 Å². The Morgan fingerprint density at radius 1 is 1.32 bits per heavy atom. The molecule has 0 bridgehead atoms. The third-order valence-electron chi connectivity index (χ3n) is 2.77. The van der Waals surface area contributed by atoms with Crippen LogP contribution in [0.25, 0.3) is 12.7 Å². The van der Waals surface area contributed by atoms with E-state index in [1.165, 1.54) is 0 Å². The Balaban J connectivity index is 2.38. The van der Waals surface area contributed by atoms with E-state index in [1.807, 2.05) is 6.92 Å². The van der Waals surface area contributed by atoms with Crippen LogP contribution in [0.1, 0.15) is 12.5 Å². The summed E-state index contributed by atoms with van der Waals surface area (Å²) in [4.78, 5) is 26.9. The second-order valence-electron chi connectivity index (χ2n) is 4.44. The standard InChI is InChI=1S/C15H16N2O5/c1-3-21-13-7-10(4-5-12(13)22-8-14(18)19)6-11-9(2)16-15(20)17-11/h4-7H,2-3,8H2,1H3,(H,18,19)(H2,16,17,20)/b11-6+. The molecule has 0 aliphatic rings. The summed E-state index contributed by atoms with van der Waals surface area (Å²) in [5.41, 5.74) is 0.425. The predicted molar refractivity (Wildman–Crippen MR) is 80.5 cm³/mol. The summed E-state index contributed by atoms with van der Waals surface area (Å²) < 4.78 is 10.6. The van der Waals surface area contributed by atoms with Crippen molar-refractivity contribution in [2.75, 3.05) is 13.2 Å². The summed E-state index contributed by atoms with van der Waals surface area (Å²) in [6.45, 7) is 5.50. The first kappa shape index (κ1) is 15.4. The van der Waals surface area contributed by atoms with Crippen LogP contribution in [0.2, 0.25) is 0 Å². The van der Waals surface area contributed by atoms with Crippen molar-refractivity contribution < 1.29 is 19.4 Å². The molecule has 2 rings (SSSR count). The Morgan fingerprint density at radius 2 is 2.09 bits per heavy atom. The molecule has 0 amide bonds. The Bertz CT molecular complexity index is 834. The largest absolute Gasteiger partial charge is 0.490 e. The Kier molecular flexibility index (Phi) is 4.67. The van der Waals surface area contributed by atoms with Crippen molar-refractivity contribution in [3.63, 3.8) is 0 Å². The lowest BCUT2D eigenvalue weighted by molar-refractivity contribution is -0.139. The third-order valence-corrected chi connectivity index (χ3v) is 2.77. The molecule has 0 aliphatic heterocycles. The summed E-state index contributed by atoms with van der Waals surface area (Å²) in [6, 6.07) is 5.04. The van der Waals surface area contributed by atoms with Crippen LogP contribution >= 0.6 is 0 Å². The summed E-state index contributed by atoms with van der Waals surface area (Å²) >= 11 is 0. The lowest BCUT2D eigenvalue weighted by Crippen LogP contribution is -2.22. The maximum absolute atomic E-state index is 11.2. The van der Waals surface area contributed by atoms with Crippen LogP contribution in [-0.4, -0.2) is 34.3 Å². The average Bonchev–Trinajstić information content (AvgIpc) is 2.76. The maximum atomic E-state index is 11.2. The smallest absolute Gasteiger partial charge is 0.341 e. The summed E-state index contributed by atoms with van der Waals surface area (Å²) in [6.07, 6.45) is 1.73. The second kappa shape index (κ2) is 6.66. The highest BCUT2D eigenvalue weighted by molar-refractivity contribution is 5.68. The van der Waals surface area contributed by atoms with Gasteiger partial charge < -0.3 is 24.5 Å². The highest BCUT2D eigenvalue weighted by atomic mass is 16.5. The van der Waals surface area contributed by atoms with Crippen molar-refractivity contribution in [3.8, 4) is 11.5 Å². The molecule has 7 heteroatoms. The highest BCUT2D eigenvalue weighted by Crippen LogP contribution is 2.28. The molecule has 0 unspecified atom stereocenters. The number of aliphatic carboxylic acids is 1. The number of carbonyl (C=O) groups is 1. The molecule has 1 heterocycles. The number of hydrogen-bond donors (Lipinski definition) is 3. The fourth-order valence-corrected chi connectivity index (χ4v) is 1.86. The molecule has 1 aromatic heterocycles. The van der Waals surface area contributed by atoms with Gasteiger partial charge in [-0.15, -0.1) is 0 Å². The molecular formula is C15H16N2O5. The van der Waals surface area contributed by atoms with Crippen molar-refractivity contribution >= 4 is 18.6 Å². The molecule has 0 spiro atoms. The summed E-state index contributed by atoms with van der Waals surface area (Å²) in [5, 5.41) is 9.70. The van der Waals surface area contributed by atoms with Gasteiger partial charge in [-0.2, -0.15) is 0 Å². The lowest BCUT2D eigenvalue weighted by Gasteiger charge is -2.11. The minimum atomic E-state index is -1.07. The highest BCUT2D eigenvalue weighted by Gasteiger charge is 2.08. The number of ether oxygens (including phenoxy) is 2. The topological polar surface area (TPSA) is 104 Å². The number of hydrogen-bond acceptors (Lipinski definition) is 4. The van der Waals surface area contributed by atoms with E-state index in [4.69, 9.17) is 14.6 Å². The molecule has 3 N–H and O–H groups in total. The monoisotopic (exact) mass is 304 g/mol. The van der Waals surface area contributed by atoms with Gasteiger partial charge in [0, 0.05) is 0 Å². The number of aromatic amines is 2. The molecule has 0 aliphatic carbocycles. The Labute approximate surface area is 125 Å². The SMILES string of the molecule is C=c1[nH]c(=O)[nH]/c1=C/c1ccc(OCC(=O)O)c(OCC)c1. The molecule has 0 saturated heterocycles. The van der Waals surface area contributed by atoms with E-state index in [0.717, 1.165) is 5.56 Å². The average molecular weight is 304 g/mol. The first-order valence-corrected chi connectivity index (χ1v) is 6.60. The zero-order valence-electron chi connectivity index (χ0n) is 12.0. The number of aromatic nitrogens is 2. The van der Waals surface area contributed by atoms with Crippen LogP contribution in [0.5, 0.6) is 11.5 Å². The molecule has 0 saturated carbocycles. The maximum Gasteiger partial charge on any atom is 0.341 e. The van der Waals surface area contributed by atoms with E-state index in [1.54, 1.807) is 24.3 Å². The van der Waals surface area contributed by atoms with E-state index >= 15 is 0 Å². The van der Waals surface area contributed by atoms with E-state index in [0.29, 0.717) is 28.8 Å². The zero-order valence-corrected chi connectivity index (χ0v) is 12.0. The molecule has 7 nitrogen and oxygen atoms in total. The lowest BCUT2D eigenvalue weighted by atomic mass is 10.2. The van der Waals surface area contributed by atoms with Gasteiger partial charge in [-0.3, -0.25) is 0 Å². The van der Waals surface area contributed by atoms with Crippen LogP contribution in [0.4, 0.5) is 0 Å². The van der Waals surface area contributed by atoms with E-state index in [2.05, 4.69) is 16.5 Å². The first-order valence-electron chi connectivity index (χ1n) is 6.60. The number of benzene rings is 1. The fourth-order valence-electron chi connectivity index (χ4n) is 1.86. The number of imidazole rings is 1. The molecule has 116 valence electrons. The molecule has 0 atom stereocenters. The molecule has 2 aromatic rings. The number of H-pyrrole nitrogens is 2. The number of carboxylic acids is 1. The summed E-state index contributed by atoms with van der Waals surface area (Å²) in [7, 11) is 0. The van der Waals surface area contributed by atoms with Crippen LogP contribution in [0.15, 0.2) is 23.0 Å². The van der Waals surface area contributed by atoms with Crippen molar-refractivity contribution in [3.05, 3.63) is 44.9 Å². The van der Waals surface area contributed by atoms with Gasteiger partial charge in [0.1, 0.15) is 0 Å². The van der Waals surface area contributed by atoms with Crippen LogP contribution < -0.4 is 25.9 Å². The Hall–Kier alpha value is -2.96. The van der Waals surface area contributed by atoms with Gasteiger partial charge >= 0.3 is 11.7 Å². The number of rotatable bonds is 6. The van der Waals surface area contributed by atoms with E-state index in [9.17, 15) is 9.59 Å².